The molecule has 0 saturated heterocycles. The molecule has 0 radical (unpaired) electrons. The summed E-state index contributed by atoms with van der Waals surface area (Å²) in [5, 5.41) is 10.2. The van der Waals surface area contributed by atoms with Crippen molar-refractivity contribution in [1.29, 1.82) is 0 Å². The molecule has 0 aliphatic carbocycles. The van der Waals surface area contributed by atoms with Crippen LogP contribution in [0.1, 0.15) is 22.7 Å². The molecule has 10 nitrogen and oxygen atoms in total. The molecule has 1 aliphatic heterocycles. The Balaban J connectivity index is 1.84. The Bertz CT molecular complexity index is 2080. The minimum absolute atomic E-state index is 0.0348. The number of fused-ring (bicyclic) bond motifs is 2. The highest BCUT2D eigenvalue weighted by molar-refractivity contribution is 7.92. The Hall–Kier alpha value is -4.21. The van der Waals surface area contributed by atoms with E-state index in [1.165, 1.54) is 12.1 Å². The summed E-state index contributed by atoms with van der Waals surface area (Å²) in [6.45, 7) is -0.564. The topological polar surface area (TPSA) is 143 Å². The molecule has 43 heavy (non-hydrogen) atoms. The molecule has 0 fully saturated rings. The lowest BCUT2D eigenvalue weighted by Gasteiger charge is -2.33. The van der Waals surface area contributed by atoms with Gasteiger partial charge in [0.1, 0.15) is 6.04 Å². The van der Waals surface area contributed by atoms with Gasteiger partial charge in [0, 0.05) is 30.6 Å². The van der Waals surface area contributed by atoms with Crippen molar-refractivity contribution < 1.29 is 39.9 Å². The summed E-state index contributed by atoms with van der Waals surface area (Å²) in [4.78, 5) is 25.6. The number of sulfonamides is 2. The highest BCUT2D eigenvalue weighted by Gasteiger charge is 2.42. The minimum atomic E-state index is -4.78. The molecule has 4 aromatic rings. The maximum Gasteiger partial charge on any atom is 0.416 e. The van der Waals surface area contributed by atoms with E-state index in [9.17, 15) is 44.7 Å². The summed E-state index contributed by atoms with van der Waals surface area (Å²) >= 11 is 0. The number of hydrogen-bond acceptors (Lipinski definition) is 6. The van der Waals surface area contributed by atoms with Crippen LogP contribution in [-0.2, 0) is 37.4 Å². The second kappa shape index (κ2) is 10.5. The van der Waals surface area contributed by atoms with E-state index in [1.54, 1.807) is 30.3 Å². The van der Waals surface area contributed by atoms with E-state index in [2.05, 4.69) is 4.72 Å². The number of alkyl halides is 3. The highest BCUT2D eigenvalue weighted by Crippen LogP contribution is 2.40. The molecule has 1 aromatic heterocycles. The van der Waals surface area contributed by atoms with E-state index in [4.69, 9.17) is 0 Å². The number of benzene rings is 3. The van der Waals surface area contributed by atoms with E-state index in [1.807, 2.05) is 0 Å². The zero-order chi connectivity index (χ0) is 31.5. The zero-order valence-corrected chi connectivity index (χ0v) is 24.2. The number of anilines is 1. The second-order valence-electron chi connectivity index (χ2n) is 10.1. The predicted octanol–water partition coefficient (Wildman–Crippen LogP) is 3.91. The molecule has 0 bridgehead atoms. The van der Waals surface area contributed by atoms with Gasteiger partial charge in [0.2, 0.25) is 10.0 Å². The summed E-state index contributed by atoms with van der Waals surface area (Å²) in [7, 11) is -7.07. The predicted molar refractivity (Wildman–Crippen MR) is 153 cm³/mol. The molecule has 3 aromatic carbocycles. The van der Waals surface area contributed by atoms with Gasteiger partial charge in [-0.15, -0.1) is 0 Å². The first kappa shape index (κ1) is 30.3. The van der Waals surface area contributed by atoms with Gasteiger partial charge in [-0.25, -0.2) is 21.6 Å². The van der Waals surface area contributed by atoms with Crippen molar-refractivity contribution in [3.63, 3.8) is 0 Å². The number of carboxylic acid groups (broad SMARTS) is 1. The monoisotopic (exact) mass is 635 g/mol. The average Bonchev–Trinajstić information content (AvgIpc) is 2.91. The third-order valence-electron chi connectivity index (χ3n) is 7.14. The van der Waals surface area contributed by atoms with Crippen LogP contribution < -0.4 is 10.3 Å². The number of nitrogens with one attached hydrogen (secondary N) is 1. The van der Waals surface area contributed by atoms with Gasteiger partial charge in [0.15, 0.2) is 5.03 Å². The first-order valence-corrected chi connectivity index (χ1v) is 16.0. The molecule has 1 aliphatic rings. The van der Waals surface area contributed by atoms with Crippen LogP contribution in [0, 0.1) is 0 Å². The minimum Gasteiger partial charge on any atom is -0.480 e. The standard InChI is InChI=1S/C28H24F3N3O7S2/c1-33-15-23(27(36)37)34-24(35)14-18(12-16-10-11-22(32-42(2,38)39)21-9-4-3-8-20(16)21)25(26(34)43(33,40)41)17-6-5-7-19(13-17)28(29,30)31/h3-11,13-14,23,32H,12,15H2,1-2H3,(H,36,37). The van der Waals surface area contributed by atoms with E-state index in [0.717, 1.165) is 41.9 Å². The van der Waals surface area contributed by atoms with Gasteiger partial charge < -0.3 is 5.11 Å². The van der Waals surface area contributed by atoms with Crippen LogP contribution in [0.25, 0.3) is 21.9 Å². The molecule has 0 amide bonds. The van der Waals surface area contributed by atoms with Crippen LogP contribution in [0.2, 0.25) is 0 Å². The molecule has 2 heterocycles. The van der Waals surface area contributed by atoms with Gasteiger partial charge in [-0.3, -0.25) is 14.1 Å². The van der Waals surface area contributed by atoms with Crippen LogP contribution in [0.5, 0.6) is 0 Å². The second-order valence-corrected chi connectivity index (χ2v) is 13.9. The fourth-order valence-electron chi connectivity index (χ4n) is 5.27. The van der Waals surface area contributed by atoms with Crippen molar-refractivity contribution in [2.75, 3.05) is 24.6 Å². The number of nitrogens with zero attached hydrogens (tertiary/aromatic N) is 2. The number of aliphatic carboxylic acids is 1. The quantitative estimate of drug-likeness (QED) is 0.327. The molecule has 0 spiro atoms. The number of likely N-dealkylation sites (N-methyl/N-ethyl adjacent to an activating group) is 1. The van der Waals surface area contributed by atoms with Crippen LogP contribution in [0.4, 0.5) is 18.9 Å². The van der Waals surface area contributed by atoms with E-state index in [-0.39, 0.29) is 28.8 Å². The molecule has 15 heteroatoms. The van der Waals surface area contributed by atoms with Crippen LogP contribution in [0.15, 0.2) is 76.6 Å². The first-order valence-electron chi connectivity index (χ1n) is 12.6. The van der Waals surface area contributed by atoms with Crippen molar-refractivity contribution >= 4 is 42.5 Å². The lowest BCUT2D eigenvalue weighted by Crippen LogP contribution is -2.48. The summed E-state index contributed by atoms with van der Waals surface area (Å²) < 4.78 is 96.2. The Morgan fingerprint density at radius 1 is 1.02 bits per heavy atom. The fraction of sp³-hybridized carbons (Fsp3) is 0.214. The van der Waals surface area contributed by atoms with Crippen molar-refractivity contribution in [3.05, 3.63) is 93.8 Å². The van der Waals surface area contributed by atoms with Crippen LogP contribution in [0.3, 0.4) is 0 Å². The smallest absolute Gasteiger partial charge is 0.416 e. The van der Waals surface area contributed by atoms with Crippen LogP contribution >= 0.6 is 0 Å². The van der Waals surface area contributed by atoms with Gasteiger partial charge >= 0.3 is 12.1 Å². The van der Waals surface area contributed by atoms with Gasteiger partial charge in [-0.1, -0.05) is 42.5 Å². The van der Waals surface area contributed by atoms with E-state index < -0.39 is 60.9 Å². The normalized spacial score (nSPS) is 17.0. The fourth-order valence-corrected chi connectivity index (χ4v) is 7.45. The molecular formula is C28H24F3N3O7S2. The summed E-state index contributed by atoms with van der Waals surface area (Å²) in [6, 6.07) is 13.1. The number of carbonyl (C=O) groups is 1. The molecular weight excluding hydrogens is 611 g/mol. The SMILES string of the molecule is CN1CC(C(=O)O)n2c(c(-c3cccc(C(F)(F)F)c3)c(Cc3ccc(NS(C)(=O)=O)c4ccccc34)cc2=O)S1(=O)=O. The highest BCUT2D eigenvalue weighted by atomic mass is 32.2. The van der Waals surface area contributed by atoms with E-state index >= 15 is 0 Å². The number of rotatable bonds is 6. The molecule has 226 valence electrons. The molecule has 0 saturated carbocycles. The van der Waals surface area contributed by atoms with Crippen molar-refractivity contribution in [3.8, 4) is 11.1 Å². The summed E-state index contributed by atoms with van der Waals surface area (Å²) in [5.41, 5.74) is -1.65. The van der Waals surface area contributed by atoms with Crippen molar-refractivity contribution in [1.82, 2.24) is 8.87 Å². The Kier molecular flexibility index (Phi) is 7.39. The Morgan fingerprint density at radius 3 is 2.33 bits per heavy atom. The van der Waals surface area contributed by atoms with Gasteiger partial charge in [-0.2, -0.15) is 17.5 Å². The van der Waals surface area contributed by atoms with Gasteiger partial charge in [0.25, 0.3) is 15.6 Å². The third kappa shape index (κ3) is 5.62. The maximum absolute atomic E-state index is 13.7. The molecule has 5 rings (SSSR count). The number of halogens is 3. The van der Waals surface area contributed by atoms with Crippen molar-refractivity contribution in [2.24, 2.45) is 0 Å². The lowest BCUT2D eigenvalue weighted by atomic mass is 9.92. The largest absolute Gasteiger partial charge is 0.480 e. The molecule has 1 unspecified atom stereocenters. The van der Waals surface area contributed by atoms with Crippen molar-refractivity contribution in [2.45, 2.75) is 23.7 Å². The van der Waals surface area contributed by atoms with Gasteiger partial charge in [-0.05, 0) is 46.7 Å². The van der Waals surface area contributed by atoms with Crippen LogP contribution in [-0.4, -0.2) is 56.6 Å². The lowest BCUT2D eigenvalue weighted by molar-refractivity contribution is -0.141. The third-order valence-corrected chi connectivity index (χ3v) is 9.59. The Morgan fingerprint density at radius 2 is 1.70 bits per heavy atom. The first-order chi connectivity index (χ1) is 20.0. The Labute approximate surface area is 244 Å². The number of aromatic nitrogens is 1. The summed E-state index contributed by atoms with van der Waals surface area (Å²) in [5.74, 6) is -1.49. The van der Waals surface area contributed by atoms with Gasteiger partial charge in [0.05, 0.1) is 17.5 Å². The molecule has 2 N–H and O–H groups in total. The summed E-state index contributed by atoms with van der Waals surface area (Å²) in [6.07, 6.45) is -3.95. The maximum atomic E-state index is 13.7. The number of pyridine rings is 1. The molecule has 1 atom stereocenters. The number of hydrogen-bond donors (Lipinski definition) is 2. The number of carboxylic acids is 1. The zero-order valence-electron chi connectivity index (χ0n) is 22.6. The van der Waals surface area contributed by atoms with E-state index in [0.29, 0.717) is 20.9 Å². The average molecular weight is 636 g/mol.